The Balaban J connectivity index is 2.56. The Morgan fingerprint density at radius 1 is 1.19 bits per heavy atom. The number of thioether (sulfide) groups is 2. The third-order valence-corrected chi connectivity index (χ3v) is 4.27. The molecule has 0 amide bonds. The minimum absolute atomic E-state index is 0.221. The molecule has 0 atom stereocenters. The van der Waals surface area contributed by atoms with Gasteiger partial charge in [0, 0.05) is 11.3 Å². The van der Waals surface area contributed by atoms with Crippen LogP contribution < -0.4 is 0 Å². The van der Waals surface area contributed by atoms with Gasteiger partial charge < -0.3 is 0 Å². The van der Waals surface area contributed by atoms with Crippen LogP contribution in [0.2, 0.25) is 0 Å². The quantitative estimate of drug-likeness (QED) is 0.596. The summed E-state index contributed by atoms with van der Waals surface area (Å²) in [6.45, 7) is 0. The number of pyridine rings is 1. The molecule has 0 aliphatic heterocycles. The molecule has 2 rings (SSSR count). The van der Waals surface area contributed by atoms with Crippen LogP contribution in [-0.2, 0) is 6.42 Å². The van der Waals surface area contributed by atoms with E-state index in [-0.39, 0.29) is 5.78 Å². The summed E-state index contributed by atoms with van der Waals surface area (Å²) in [6.07, 6.45) is 7.82. The molecular weight excluding hydrogens is 238 g/mol. The molecule has 16 heavy (non-hydrogen) atoms. The molecule has 86 valence electrons. The van der Waals surface area contributed by atoms with Crippen LogP contribution in [0.25, 0.3) is 0 Å². The minimum atomic E-state index is 0.221. The molecule has 1 aliphatic rings. The number of rotatable bonds is 2. The Kier molecular flexibility index (Phi) is 3.92. The van der Waals surface area contributed by atoms with Crippen LogP contribution in [0.4, 0.5) is 0 Å². The number of carbonyl (C=O) groups excluding carboxylic acids is 1. The van der Waals surface area contributed by atoms with Crippen LogP contribution in [0.3, 0.4) is 0 Å². The SMILES string of the molecule is CSc1cc(SC)c2c(n1)C(=O)CCCC2. The monoisotopic (exact) mass is 253 g/mol. The number of hydrogen-bond donors (Lipinski definition) is 0. The first-order valence-electron chi connectivity index (χ1n) is 5.41. The molecular formula is C12H15NOS2. The Morgan fingerprint density at radius 2 is 1.94 bits per heavy atom. The van der Waals surface area contributed by atoms with Gasteiger partial charge in [0.05, 0.1) is 5.03 Å². The third kappa shape index (κ3) is 2.28. The summed E-state index contributed by atoms with van der Waals surface area (Å²) < 4.78 is 0. The molecule has 0 spiro atoms. The maximum atomic E-state index is 12.0. The van der Waals surface area contributed by atoms with Gasteiger partial charge in [-0.05, 0) is 43.4 Å². The summed E-state index contributed by atoms with van der Waals surface area (Å²) in [7, 11) is 0. The van der Waals surface area contributed by atoms with Crippen molar-refractivity contribution >= 4 is 29.3 Å². The molecule has 0 saturated carbocycles. The largest absolute Gasteiger partial charge is 0.292 e. The maximum absolute atomic E-state index is 12.0. The van der Waals surface area contributed by atoms with E-state index < -0.39 is 0 Å². The van der Waals surface area contributed by atoms with Crippen molar-refractivity contribution in [2.24, 2.45) is 0 Å². The zero-order chi connectivity index (χ0) is 11.5. The first-order valence-corrected chi connectivity index (χ1v) is 7.86. The average Bonchev–Trinajstić information content (AvgIpc) is 2.50. The zero-order valence-corrected chi connectivity index (χ0v) is 11.2. The summed E-state index contributed by atoms with van der Waals surface area (Å²) in [5, 5.41) is 0.957. The fraction of sp³-hybridized carbons (Fsp3) is 0.500. The van der Waals surface area contributed by atoms with E-state index in [1.165, 1.54) is 10.5 Å². The molecule has 0 unspecified atom stereocenters. The molecule has 0 saturated heterocycles. The predicted molar refractivity (Wildman–Crippen MR) is 69.7 cm³/mol. The number of hydrogen-bond acceptors (Lipinski definition) is 4. The summed E-state index contributed by atoms with van der Waals surface area (Å²) in [4.78, 5) is 17.7. The molecule has 1 heterocycles. The topological polar surface area (TPSA) is 30.0 Å². The highest BCUT2D eigenvalue weighted by atomic mass is 32.2. The van der Waals surface area contributed by atoms with E-state index in [0.717, 1.165) is 30.0 Å². The van der Waals surface area contributed by atoms with E-state index in [1.54, 1.807) is 23.5 Å². The molecule has 0 N–H and O–H groups in total. The average molecular weight is 253 g/mol. The molecule has 1 aliphatic carbocycles. The Bertz CT molecular complexity index is 418. The van der Waals surface area contributed by atoms with Crippen LogP contribution in [0.5, 0.6) is 0 Å². The molecule has 0 fully saturated rings. The number of aromatic nitrogens is 1. The van der Waals surface area contributed by atoms with Crippen LogP contribution >= 0.6 is 23.5 Å². The molecule has 2 nitrogen and oxygen atoms in total. The van der Waals surface area contributed by atoms with Crippen molar-refractivity contribution in [2.75, 3.05) is 12.5 Å². The second kappa shape index (κ2) is 5.23. The van der Waals surface area contributed by atoms with Gasteiger partial charge in [-0.3, -0.25) is 4.79 Å². The fourth-order valence-corrected chi connectivity index (χ4v) is 3.16. The standard InChI is InChI=1S/C12H15NOS2/c1-15-10-7-11(16-2)13-12-8(10)5-3-4-6-9(12)14/h7H,3-6H2,1-2H3. The van der Waals surface area contributed by atoms with Crippen LogP contribution in [0.15, 0.2) is 16.0 Å². The van der Waals surface area contributed by atoms with Crippen molar-refractivity contribution in [2.45, 2.75) is 35.6 Å². The molecule has 4 heteroatoms. The lowest BCUT2D eigenvalue weighted by Gasteiger charge is -2.10. The second-order valence-corrected chi connectivity index (χ2v) is 5.50. The smallest absolute Gasteiger partial charge is 0.181 e. The third-order valence-electron chi connectivity index (χ3n) is 2.83. The van der Waals surface area contributed by atoms with Crippen molar-refractivity contribution in [3.63, 3.8) is 0 Å². The first-order chi connectivity index (χ1) is 7.76. The van der Waals surface area contributed by atoms with Crippen molar-refractivity contribution in [3.8, 4) is 0 Å². The highest BCUT2D eigenvalue weighted by molar-refractivity contribution is 7.99. The van der Waals surface area contributed by atoms with Gasteiger partial charge >= 0.3 is 0 Å². The highest BCUT2D eigenvalue weighted by Crippen LogP contribution is 2.31. The summed E-state index contributed by atoms with van der Waals surface area (Å²) in [5.74, 6) is 0.221. The van der Waals surface area contributed by atoms with Crippen LogP contribution in [-0.4, -0.2) is 23.3 Å². The van der Waals surface area contributed by atoms with E-state index in [9.17, 15) is 4.79 Å². The number of Topliss-reactive ketones (excluding diaryl/α,β-unsaturated/α-hetero) is 1. The second-order valence-electron chi connectivity index (χ2n) is 3.82. The molecule has 0 radical (unpaired) electrons. The summed E-state index contributed by atoms with van der Waals surface area (Å²) in [5.41, 5.74) is 1.90. The number of fused-ring (bicyclic) bond motifs is 1. The van der Waals surface area contributed by atoms with Crippen LogP contribution in [0.1, 0.15) is 35.3 Å². The Hall–Kier alpha value is -0.480. The van der Waals surface area contributed by atoms with Crippen LogP contribution in [0, 0.1) is 0 Å². The lowest BCUT2D eigenvalue weighted by Crippen LogP contribution is -2.06. The minimum Gasteiger partial charge on any atom is -0.292 e. The van der Waals surface area contributed by atoms with Crippen molar-refractivity contribution in [3.05, 3.63) is 17.3 Å². The maximum Gasteiger partial charge on any atom is 0.181 e. The number of ketones is 1. The van der Waals surface area contributed by atoms with Gasteiger partial charge in [-0.25, -0.2) is 4.98 Å². The highest BCUT2D eigenvalue weighted by Gasteiger charge is 2.20. The van der Waals surface area contributed by atoms with E-state index >= 15 is 0 Å². The Labute approximate surface area is 105 Å². The summed E-state index contributed by atoms with van der Waals surface area (Å²) >= 11 is 3.32. The van der Waals surface area contributed by atoms with Gasteiger partial charge in [0.15, 0.2) is 5.78 Å². The van der Waals surface area contributed by atoms with E-state index in [0.29, 0.717) is 6.42 Å². The van der Waals surface area contributed by atoms with Gasteiger partial charge in [0.25, 0.3) is 0 Å². The predicted octanol–water partition coefficient (Wildman–Crippen LogP) is 3.43. The van der Waals surface area contributed by atoms with E-state index in [1.807, 2.05) is 6.26 Å². The lowest BCUT2D eigenvalue weighted by molar-refractivity contribution is 0.0976. The number of nitrogens with zero attached hydrogens (tertiary/aromatic N) is 1. The van der Waals surface area contributed by atoms with E-state index in [2.05, 4.69) is 17.3 Å². The van der Waals surface area contributed by atoms with E-state index in [4.69, 9.17) is 0 Å². The fourth-order valence-electron chi connectivity index (χ4n) is 1.99. The van der Waals surface area contributed by atoms with Gasteiger partial charge in [-0.2, -0.15) is 0 Å². The van der Waals surface area contributed by atoms with Crippen molar-refractivity contribution in [1.29, 1.82) is 0 Å². The first kappa shape index (κ1) is 12.0. The Morgan fingerprint density at radius 3 is 2.62 bits per heavy atom. The molecule has 0 bridgehead atoms. The van der Waals surface area contributed by atoms with Gasteiger partial charge in [-0.15, -0.1) is 23.5 Å². The lowest BCUT2D eigenvalue weighted by atomic mass is 10.1. The molecule has 1 aromatic rings. The van der Waals surface area contributed by atoms with Gasteiger partial charge in [0.1, 0.15) is 5.69 Å². The number of carbonyl (C=O) groups is 1. The zero-order valence-electron chi connectivity index (χ0n) is 9.58. The van der Waals surface area contributed by atoms with Gasteiger partial charge in [-0.1, -0.05) is 0 Å². The van der Waals surface area contributed by atoms with Crippen molar-refractivity contribution in [1.82, 2.24) is 4.98 Å². The van der Waals surface area contributed by atoms with Gasteiger partial charge in [0.2, 0.25) is 0 Å². The van der Waals surface area contributed by atoms with Crippen molar-refractivity contribution < 1.29 is 4.79 Å². The summed E-state index contributed by atoms with van der Waals surface area (Å²) in [6, 6.07) is 2.10. The molecule has 1 aromatic heterocycles. The molecule has 0 aromatic carbocycles. The normalized spacial score (nSPS) is 15.8.